The summed E-state index contributed by atoms with van der Waals surface area (Å²) in [7, 11) is 3.32. The van der Waals surface area contributed by atoms with Crippen molar-refractivity contribution in [2.24, 2.45) is 7.05 Å². The van der Waals surface area contributed by atoms with Crippen LogP contribution in [0.25, 0.3) is 11.1 Å². The van der Waals surface area contributed by atoms with E-state index in [1.165, 1.54) is 0 Å². The summed E-state index contributed by atoms with van der Waals surface area (Å²) in [5.74, 6) is 1.18. The van der Waals surface area contributed by atoms with Gasteiger partial charge in [-0.25, -0.2) is 0 Å². The Morgan fingerprint density at radius 3 is 2.44 bits per heavy atom. The predicted octanol–water partition coefficient (Wildman–Crippen LogP) is 2.00. The molecule has 96 valence electrons. The molecule has 0 amide bonds. The fraction of sp³-hybridized carbons (Fsp3) is 0.308. The highest BCUT2D eigenvalue weighted by Crippen LogP contribution is 2.39. The number of nitrogens with two attached hydrogens (primary N) is 1. The minimum Gasteiger partial charge on any atom is -0.504 e. The summed E-state index contributed by atoms with van der Waals surface area (Å²) >= 11 is 0. The molecule has 18 heavy (non-hydrogen) atoms. The summed E-state index contributed by atoms with van der Waals surface area (Å²) in [4.78, 5) is 0. The van der Waals surface area contributed by atoms with E-state index in [-0.39, 0.29) is 5.75 Å². The van der Waals surface area contributed by atoms with Crippen LogP contribution in [-0.4, -0.2) is 22.0 Å². The quantitative estimate of drug-likeness (QED) is 0.851. The topological polar surface area (TPSA) is 73.3 Å². The average molecular weight is 247 g/mol. The van der Waals surface area contributed by atoms with Gasteiger partial charge in [0, 0.05) is 12.6 Å². The highest BCUT2D eigenvalue weighted by molar-refractivity contribution is 5.79. The molecule has 0 fully saturated rings. The van der Waals surface area contributed by atoms with Crippen LogP contribution in [0.3, 0.4) is 0 Å². The second-order valence-corrected chi connectivity index (χ2v) is 4.29. The Kier molecular flexibility index (Phi) is 2.90. The van der Waals surface area contributed by atoms with E-state index in [9.17, 15) is 5.11 Å². The molecule has 0 saturated carbocycles. The number of rotatable bonds is 2. The number of nitrogen functional groups attached to an aromatic ring is 1. The van der Waals surface area contributed by atoms with E-state index in [1.807, 2.05) is 13.8 Å². The number of nitrogens with zero attached hydrogens (tertiary/aromatic N) is 2. The number of phenols is 1. The van der Waals surface area contributed by atoms with E-state index in [0.717, 1.165) is 22.3 Å². The van der Waals surface area contributed by atoms with E-state index in [4.69, 9.17) is 10.5 Å². The van der Waals surface area contributed by atoms with Crippen molar-refractivity contribution in [1.82, 2.24) is 9.78 Å². The molecule has 0 aliphatic carbocycles. The molecule has 5 nitrogen and oxygen atoms in total. The summed E-state index contributed by atoms with van der Waals surface area (Å²) in [6.07, 6.45) is 1.70. The van der Waals surface area contributed by atoms with Gasteiger partial charge in [-0.15, -0.1) is 0 Å². The predicted molar refractivity (Wildman–Crippen MR) is 70.7 cm³/mol. The van der Waals surface area contributed by atoms with Gasteiger partial charge in [-0.1, -0.05) is 0 Å². The van der Waals surface area contributed by atoms with Crippen molar-refractivity contribution in [3.8, 4) is 22.6 Å². The third kappa shape index (κ3) is 1.68. The highest BCUT2D eigenvalue weighted by Gasteiger charge is 2.16. The number of anilines is 1. The SMILES string of the molecule is COc1c(O)cc(-c2cnn(C)c2N)c(C)c1C. The number of hydrogen-bond acceptors (Lipinski definition) is 4. The minimum atomic E-state index is 0.110. The zero-order valence-corrected chi connectivity index (χ0v) is 11.0. The minimum absolute atomic E-state index is 0.110. The Bertz CT molecular complexity index is 603. The molecule has 0 unspecified atom stereocenters. The molecule has 0 aliphatic rings. The van der Waals surface area contributed by atoms with Gasteiger partial charge in [0.2, 0.25) is 0 Å². The van der Waals surface area contributed by atoms with Gasteiger partial charge in [-0.3, -0.25) is 4.68 Å². The molecular formula is C13H17N3O2. The van der Waals surface area contributed by atoms with Crippen molar-refractivity contribution in [3.05, 3.63) is 23.4 Å². The number of hydrogen-bond donors (Lipinski definition) is 2. The van der Waals surface area contributed by atoms with Gasteiger partial charge < -0.3 is 15.6 Å². The third-order valence-corrected chi connectivity index (χ3v) is 3.30. The van der Waals surface area contributed by atoms with Crippen LogP contribution in [0.1, 0.15) is 11.1 Å². The molecule has 5 heteroatoms. The van der Waals surface area contributed by atoms with E-state index in [1.54, 1.807) is 31.1 Å². The number of aryl methyl sites for hydroxylation is 1. The first-order valence-corrected chi connectivity index (χ1v) is 5.62. The number of aromatic hydroxyl groups is 1. The first-order valence-electron chi connectivity index (χ1n) is 5.62. The molecule has 0 saturated heterocycles. The van der Waals surface area contributed by atoms with Gasteiger partial charge in [-0.2, -0.15) is 5.10 Å². The van der Waals surface area contributed by atoms with Crippen LogP contribution in [0.15, 0.2) is 12.3 Å². The van der Waals surface area contributed by atoms with Gasteiger partial charge in [0.15, 0.2) is 11.5 Å². The maximum Gasteiger partial charge on any atom is 0.163 e. The summed E-state index contributed by atoms with van der Waals surface area (Å²) in [5, 5.41) is 14.1. The van der Waals surface area contributed by atoms with Crippen LogP contribution in [0.4, 0.5) is 5.82 Å². The lowest BCUT2D eigenvalue weighted by Gasteiger charge is -2.14. The van der Waals surface area contributed by atoms with Gasteiger partial charge in [0.05, 0.1) is 13.3 Å². The summed E-state index contributed by atoms with van der Waals surface area (Å²) in [5.41, 5.74) is 9.57. The lowest BCUT2D eigenvalue weighted by molar-refractivity contribution is 0.370. The Labute approximate surface area is 106 Å². The van der Waals surface area contributed by atoms with Gasteiger partial charge in [0.25, 0.3) is 0 Å². The van der Waals surface area contributed by atoms with E-state index >= 15 is 0 Å². The lowest BCUT2D eigenvalue weighted by Crippen LogP contribution is -1.99. The summed E-state index contributed by atoms with van der Waals surface area (Å²) in [6.45, 7) is 3.88. The van der Waals surface area contributed by atoms with Crippen molar-refractivity contribution in [2.75, 3.05) is 12.8 Å². The van der Waals surface area contributed by atoms with E-state index in [0.29, 0.717) is 11.6 Å². The molecule has 0 bridgehead atoms. The van der Waals surface area contributed by atoms with Crippen LogP contribution < -0.4 is 10.5 Å². The molecule has 2 aromatic rings. The van der Waals surface area contributed by atoms with Crippen LogP contribution >= 0.6 is 0 Å². The van der Waals surface area contributed by atoms with Crippen molar-refractivity contribution in [1.29, 1.82) is 0 Å². The first-order chi connectivity index (χ1) is 8.47. The molecule has 3 N–H and O–H groups in total. The van der Waals surface area contributed by atoms with Gasteiger partial charge in [0.1, 0.15) is 5.82 Å². The Balaban J connectivity index is 2.70. The van der Waals surface area contributed by atoms with Crippen LogP contribution in [0.2, 0.25) is 0 Å². The largest absolute Gasteiger partial charge is 0.504 e. The standard InChI is InChI=1S/C13H17N3O2/c1-7-8(2)12(18-4)11(17)5-9(7)10-6-15-16(3)13(10)14/h5-6,17H,14H2,1-4H3. The maximum absolute atomic E-state index is 9.96. The van der Waals surface area contributed by atoms with Gasteiger partial charge in [-0.05, 0) is 36.6 Å². The molecule has 0 atom stereocenters. The van der Waals surface area contributed by atoms with Crippen molar-refractivity contribution < 1.29 is 9.84 Å². The Morgan fingerprint density at radius 2 is 1.94 bits per heavy atom. The zero-order valence-electron chi connectivity index (χ0n) is 11.0. The van der Waals surface area contributed by atoms with Crippen LogP contribution in [-0.2, 0) is 7.05 Å². The van der Waals surface area contributed by atoms with Gasteiger partial charge >= 0.3 is 0 Å². The molecule has 1 aromatic carbocycles. The van der Waals surface area contributed by atoms with Crippen molar-refractivity contribution in [2.45, 2.75) is 13.8 Å². The first kappa shape index (κ1) is 12.3. The Hall–Kier alpha value is -2.17. The fourth-order valence-electron chi connectivity index (χ4n) is 2.07. The Morgan fingerprint density at radius 1 is 1.28 bits per heavy atom. The molecule has 0 spiro atoms. The summed E-state index contributed by atoms with van der Waals surface area (Å²) < 4.78 is 6.78. The number of phenolic OH excluding ortho intramolecular Hbond substituents is 1. The second-order valence-electron chi connectivity index (χ2n) is 4.29. The number of aromatic nitrogens is 2. The average Bonchev–Trinajstić information content (AvgIpc) is 2.66. The smallest absolute Gasteiger partial charge is 0.163 e. The van der Waals surface area contributed by atoms with Crippen LogP contribution in [0, 0.1) is 13.8 Å². The number of benzene rings is 1. The lowest BCUT2D eigenvalue weighted by atomic mass is 9.97. The highest BCUT2D eigenvalue weighted by atomic mass is 16.5. The molecule has 1 heterocycles. The molecule has 2 rings (SSSR count). The normalized spacial score (nSPS) is 10.7. The fourth-order valence-corrected chi connectivity index (χ4v) is 2.07. The molecule has 1 aromatic heterocycles. The van der Waals surface area contributed by atoms with Crippen molar-refractivity contribution in [3.63, 3.8) is 0 Å². The second kappa shape index (κ2) is 4.25. The molecule has 0 radical (unpaired) electrons. The van der Waals surface area contributed by atoms with E-state index in [2.05, 4.69) is 5.10 Å². The monoisotopic (exact) mass is 247 g/mol. The number of methoxy groups -OCH3 is 1. The molecular weight excluding hydrogens is 230 g/mol. The maximum atomic E-state index is 9.96. The van der Waals surface area contributed by atoms with Crippen LogP contribution in [0.5, 0.6) is 11.5 Å². The molecule has 0 aliphatic heterocycles. The van der Waals surface area contributed by atoms with Crippen molar-refractivity contribution >= 4 is 5.82 Å². The number of ether oxygens (including phenoxy) is 1. The summed E-state index contributed by atoms with van der Waals surface area (Å²) in [6, 6.07) is 1.66. The zero-order chi connectivity index (χ0) is 13.4. The van der Waals surface area contributed by atoms with E-state index < -0.39 is 0 Å². The third-order valence-electron chi connectivity index (χ3n) is 3.30.